The maximum absolute atomic E-state index is 11.6. The van der Waals surface area contributed by atoms with Gasteiger partial charge in [-0.15, -0.1) is 0 Å². The zero-order chi connectivity index (χ0) is 14.5. The third-order valence-corrected chi connectivity index (χ3v) is 4.83. The molecule has 1 amide bonds. The standard InChI is InChI=1S/C13H20N2O3S/c1-10(2)19(17,18)8-7-14-12-5-4-6-13(9-12)15-11(3)16/h4-6,9-10,14H,7-8H2,1-3H3,(H,15,16). The Kier molecular flexibility index (Phi) is 5.35. The Morgan fingerprint density at radius 1 is 1.26 bits per heavy atom. The Labute approximate surface area is 114 Å². The van der Waals surface area contributed by atoms with Crippen molar-refractivity contribution in [2.75, 3.05) is 22.9 Å². The maximum atomic E-state index is 11.6. The van der Waals surface area contributed by atoms with Gasteiger partial charge in [0.25, 0.3) is 0 Å². The summed E-state index contributed by atoms with van der Waals surface area (Å²) in [6.45, 7) is 5.14. The van der Waals surface area contributed by atoms with Gasteiger partial charge < -0.3 is 10.6 Å². The van der Waals surface area contributed by atoms with Gasteiger partial charge in [-0.2, -0.15) is 0 Å². The van der Waals surface area contributed by atoms with Crippen LogP contribution in [0.25, 0.3) is 0 Å². The van der Waals surface area contributed by atoms with Gasteiger partial charge in [-0.1, -0.05) is 6.07 Å². The molecule has 1 aromatic carbocycles. The second kappa shape index (κ2) is 6.56. The van der Waals surface area contributed by atoms with Gasteiger partial charge in [0, 0.05) is 24.8 Å². The summed E-state index contributed by atoms with van der Waals surface area (Å²) in [5.41, 5.74) is 1.47. The molecule has 0 fully saturated rings. The number of sulfone groups is 1. The van der Waals surface area contributed by atoms with Crippen molar-refractivity contribution < 1.29 is 13.2 Å². The SMILES string of the molecule is CC(=O)Nc1cccc(NCCS(=O)(=O)C(C)C)c1. The van der Waals surface area contributed by atoms with Crippen molar-refractivity contribution in [2.24, 2.45) is 0 Å². The minimum Gasteiger partial charge on any atom is -0.384 e. The number of hydrogen-bond donors (Lipinski definition) is 2. The van der Waals surface area contributed by atoms with Crippen molar-refractivity contribution >= 4 is 27.1 Å². The average molecular weight is 284 g/mol. The summed E-state index contributed by atoms with van der Waals surface area (Å²) in [5.74, 6) is -0.0470. The lowest BCUT2D eigenvalue weighted by molar-refractivity contribution is -0.114. The molecule has 0 bridgehead atoms. The Morgan fingerprint density at radius 3 is 2.47 bits per heavy atom. The predicted octanol–water partition coefficient (Wildman–Crippen LogP) is 1.88. The highest BCUT2D eigenvalue weighted by atomic mass is 32.2. The second-order valence-electron chi connectivity index (χ2n) is 4.60. The third-order valence-electron chi connectivity index (χ3n) is 2.62. The molecule has 6 heteroatoms. The predicted molar refractivity (Wildman–Crippen MR) is 78.2 cm³/mol. The van der Waals surface area contributed by atoms with Crippen LogP contribution >= 0.6 is 0 Å². The topological polar surface area (TPSA) is 75.3 Å². The first kappa shape index (κ1) is 15.5. The fraction of sp³-hybridized carbons (Fsp3) is 0.462. The fourth-order valence-electron chi connectivity index (χ4n) is 1.48. The number of nitrogens with one attached hydrogen (secondary N) is 2. The summed E-state index contributed by atoms with van der Waals surface area (Å²) in [5, 5.41) is 5.35. The van der Waals surface area contributed by atoms with Crippen molar-refractivity contribution in [3.05, 3.63) is 24.3 Å². The van der Waals surface area contributed by atoms with Gasteiger partial charge in [-0.05, 0) is 32.0 Å². The van der Waals surface area contributed by atoms with Crippen molar-refractivity contribution in [1.82, 2.24) is 0 Å². The number of carbonyl (C=O) groups is 1. The highest BCUT2D eigenvalue weighted by molar-refractivity contribution is 7.92. The van der Waals surface area contributed by atoms with Crippen molar-refractivity contribution in [3.63, 3.8) is 0 Å². The van der Waals surface area contributed by atoms with E-state index in [4.69, 9.17) is 0 Å². The highest BCUT2D eigenvalue weighted by Crippen LogP contribution is 2.15. The molecule has 0 aliphatic carbocycles. The van der Waals surface area contributed by atoms with Crippen LogP contribution in [0.15, 0.2) is 24.3 Å². The summed E-state index contributed by atoms with van der Waals surface area (Å²) in [6, 6.07) is 7.17. The van der Waals surface area contributed by atoms with Crippen molar-refractivity contribution in [2.45, 2.75) is 26.0 Å². The number of amides is 1. The Hall–Kier alpha value is -1.56. The maximum Gasteiger partial charge on any atom is 0.221 e. The van der Waals surface area contributed by atoms with Gasteiger partial charge in [0.15, 0.2) is 9.84 Å². The zero-order valence-corrected chi connectivity index (χ0v) is 12.3. The summed E-state index contributed by atoms with van der Waals surface area (Å²) >= 11 is 0. The molecular formula is C13H20N2O3S. The van der Waals surface area contributed by atoms with Crippen LogP contribution < -0.4 is 10.6 Å². The van der Waals surface area contributed by atoms with E-state index in [9.17, 15) is 13.2 Å². The second-order valence-corrected chi connectivity index (χ2v) is 7.28. The molecule has 0 heterocycles. The highest BCUT2D eigenvalue weighted by Gasteiger charge is 2.14. The number of benzene rings is 1. The van der Waals surface area contributed by atoms with E-state index in [-0.39, 0.29) is 16.9 Å². The Balaban J connectivity index is 2.57. The fourth-order valence-corrected chi connectivity index (χ4v) is 2.34. The molecule has 0 atom stereocenters. The van der Waals surface area contributed by atoms with E-state index >= 15 is 0 Å². The molecule has 0 spiro atoms. The molecule has 0 aromatic heterocycles. The third kappa shape index (κ3) is 5.30. The van der Waals surface area contributed by atoms with Crippen LogP contribution in [-0.4, -0.2) is 31.9 Å². The van der Waals surface area contributed by atoms with E-state index in [0.29, 0.717) is 12.2 Å². The normalized spacial score (nSPS) is 11.4. The quantitative estimate of drug-likeness (QED) is 0.836. The van der Waals surface area contributed by atoms with Gasteiger partial charge in [0.2, 0.25) is 5.91 Å². The molecule has 0 saturated carbocycles. The van der Waals surface area contributed by atoms with Gasteiger partial charge in [-0.25, -0.2) is 8.42 Å². The molecule has 1 rings (SSSR count). The first-order valence-electron chi connectivity index (χ1n) is 6.14. The van der Waals surface area contributed by atoms with E-state index in [0.717, 1.165) is 5.69 Å². The molecule has 19 heavy (non-hydrogen) atoms. The lowest BCUT2D eigenvalue weighted by Crippen LogP contribution is -2.22. The summed E-state index contributed by atoms with van der Waals surface area (Å²) in [4.78, 5) is 10.9. The molecule has 1 aromatic rings. The first-order valence-corrected chi connectivity index (χ1v) is 7.86. The van der Waals surface area contributed by atoms with Crippen molar-refractivity contribution in [1.29, 1.82) is 0 Å². The average Bonchev–Trinajstić information content (AvgIpc) is 2.28. The monoisotopic (exact) mass is 284 g/mol. The first-order chi connectivity index (χ1) is 8.81. The van der Waals surface area contributed by atoms with E-state index < -0.39 is 9.84 Å². The van der Waals surface area contributed by atoms with Crippen LogP contribution in [0, 0.1) is 0 Å². The molecular weight excluding hydrogens is 264 g/mol. The van der Waals surface area contributed by atoms with Crippen LogP contribution in [0.5, 0.6) is 0 Å². The number of hydrogen-bond acceptors (Lipinski definition) is 4. The molecule has 0 unspecified atom stereocenters. The molecule has 0 radical (unpaired) electrons. The largest absolute Gasteiger partial charge is 0.384 e. The summed E-state index contributed by atoms with van der Waals surface area (Å²) < 4.78 is 23.3. The van der Waals surface area contributed by atoms with E-state index in [1.54, 1.807) is 32.0 Å². The lowest BCUT2D eigenvalue weighted by Gasteiger charge is -2.10. The number of rotatable bonds is 6. The minimum atomic E-state index is -3.03. The van der Waals surface area contributed by atoms with Crippen LogP contribution in [0.4, 0.5) is 11.4 Å². The molecule has 2 N–H and O–H groups in total. The molecule has 5 nitrogen and oxygen atoms in total. The van der Waals surface area contributed by atoms with Gasteiger partial charge in [-0.3, -0.25) is 4.79 Å². The van der Waals surface area contributed by atoms with Crippen LogP contribution in [0.2, 0.25) is 0 Å². The lowest BCUT2D eigenvalue weighted by atomic mass is 10.2. The van der Waals surface area contributed by atoms with Gasteiger partial charge in [0.05, 0.1) is 11.0 Å². The molecule has 106 valence electrons. The smallest absolute Gasteiger partial charge is 0.221 e. The van der Waals surface area contributed by atoms with E-state index in [1.807, 2.05) is 6.07 Å². The summed E-state index contributed by atoms with van der Waals surface area (Å²) in [7, 11) is -3.03. The molecule has 0 aliphatic rings. The molecule has 0 saturated heterocycles. The van der Waals surface area contributed by atoms with Crippen LogP contribution in [0.1, 0.15) is 20.8 Å². The number of anilines is 2. The summed E-state index contributed by atoms with van der Waals surface area (Å²) in [6.07, 6.45) is 0. The Morgan fingerprint density at radius 2 is 1.89 bits per heavy atom. The van der Waals surface area contributed by atoms with Crippen molar-refractivity contribution in [3.8, 4) is 0 Å². The van der Waals surface area contributed by atoms with Crippen LogP contribution in [-0.2, 0) is 14.6 Å². The zero-order valence-electron chi connectivity index (χ0n) is 11.4. The van der Waals surface area contributed by atoms with Crippen LogP contribution in [0.3, 0.4) is 0 Å². The van der Waals surface area contributed by atoms with Gasteiger partial charge in [0.1, 0.15) is 0 Å². The Bertz CT molecular complexity index is 539. The number of carbonyl (C=O) groups excluding carboxylic acids is 1. The van der Waals surface area contributed by atoms with Gasteiger partial charge >= 0.3 is 0 Å². The van der Waals surface area contributed by atoms with E-state index in [1.165, 1.54) is 6.92 Å². The molecule has 0 aliphatic heterocycles. The van der Waals surface area contributed by atoms with E-state index in [2.05, 4.69) is 10.6 Å². The minimum absolute atomic E-state index is 0.0923.